The maximum absolute atomic E-state index is 12.8. The standard InChI is InChI=1S/C25H27N5O6.ClH/c1-14(24(34)35)11-28-23(33)20-27-13-18(21(31)29-20)22(32)30-25(2,3)17-8-5-15(6-9-17)16-7-10-19(36-4)26-12-16;/h5-10,12-14H,11H2,1-4H3,(H,28,33)(H,30,32)(H,34,35)(H,27,29,31);1H/t14-;/m1./s1. The third kappa shape index (κ3) is 7.14. The topological polar surface area (TPSA) is 165 Å². The molecule has 196 valence electrons. The van der Waals surface area contributed by atoms with Gasteiger partial charge in [-0.1, -0.05) is 31.2 Å². The molecule has 2 heterocycles. The van der Waals surface area contributed by atoms with Gasteiger partial charge in [0.05, 0.1) is 18.6 Å². The molecule has 11 nitrogen and oxygen atoms in total. The van der Waals surface area contributed by atoms with Gasteiger partial charge >= 0.3 is 23.3 Å². The number of hydrogen-bond donors (Lipinski definition) is 4. The van der Waals surface area contributed by atoms with Crippen molar-refractivity contribution in [2.24, 2.45) is 5.92 Å². The fraction of sp³-hybridized carbons (Fsp3) is 0.280. The number of aromatic nitrogens is 3. The molecule has 5 N–H and O–H groups in total. The van der Waals surface area contributed by atoms with Crippen molar-refractivity contribution in [2.75, 3.05) is 13.7 Å². The van der Waals surface area contributed by atoms with Crippen molar-refractivity contribution in [1.29, 1.82) is 0 Å². The number of carboxylic acids is 1. The van der Waals surface area contributed by atoms with Crippen molar-refractivity contribution in [1.82, 2.24) is 20.6 Å². The highest BCUT2D eigenvalue weighted by Gasteiger charge is 2.27. The minimum absolute atomic E-state index is 0. The summed E-state index contributed by atoms with van der Waals surface area (Å²) in [5, 5.41) is 14.1. The first kappa shape index (κ1) is 29.0. The van der Waals surface area contributed by atoms with Crippen molar-refractivity contribution in [3.8, 4) is 17.0 Å². The molecule has 2 aromatic heterocycles. The summed E-state index contributed by atoms with van der Waals surface area (Å²) < 4.78 is 5.08. The number of halogens is 1. The van der Waals surface area contributed by atoms with E-state index in [1.807, 2.05) is 30.3 Å². The SMILES string of the molecule is COc1ccc(-c2ccc(C(C)(C)NC(=O)c3c[nH+]c(C(=O)NC[C@@H](C)C(=O)O)[nH]c3=O)cc2)cn1.[Cl-]. The van der Waals surface area contributed by atoms with E-state index in [4.69, 9.17) is 9.84 Å². The lowest BCUT2D eigenvalue weighted by Crippen LogP contribution is -3.00. The van der Waals surface area contributed by atoms with Crippen molar-refractivity contribution in [3.05, 3.63) is 76.1 Å². The minimum Gasteiger partial charge on any atom is -1.00 e. The maximum atomic E-state index is 12.8. The summed E-state index contributed by atoms with van der Waals surface area (Å²) in [4.78, 5) is 57.5. The highest BCUT2D eigenvalue weighted by atomic mass is 35.5. The average molecular weight is 530 g/mol. The number of methoxy groups -OCH3 is 1. The van der Waals surface area contributed by atoms with Crippen LogP contribution < -0.4 is 38.3 Å². The zero-order chi connectivity index (χ0) is 26.5. The lowest BCUT2D eigenvalue weighted by atomic mass is 9.92. The van der Waals surface area contributed by atoms with Gasteiger partial charge in [-0.3, -0.25) is 14.4 Å². The molecule has 0 aliphatic carbocycles. The number of aliphatic carboxylic acids is 1. The molecular formula is C25H28ClN5O6. The van der Waals surface area contributed by atoms with Crippen LogP contribution in [0.2, 0.25) is 0 Å². The Balaban J connectivity index is 0.00000481. The first-order valence-corrected chi connectivity index (χ1v) is 11.1. The number of hydrogen-bond acceptors (Lipinski definition) is 6. The zero-order valence-corrected chi connectivity index (χ0v) is 21.5. The second-order valence-electron chi connectivity index (χ2n) is 8.73. The number of carbonyl (C=O) groups is 3. The van der Waals surface area contributed by atoms with Crippen molar-refractivity contribution >= 4 is 17.8 Å². The normalized spacial score (nSPS) is 11.6. The Morgan fingerprint density at radius 1 is 1.11 bits per heavy atom. The molecule has 0 saturated carbocycles. The second kappa shape index (κ2) is 12.1. The van der Waals surface area contributed by atoms with Crippen molar-refractivity contribution in [2.45, 2.75) is 26.3 Å². The summed E-state index contributed by atoms with van der Waals surface area (Å²) in [7, 11) is 1.55. The van der Waals surface area contributed by atoms with Crippen LogP contribution in [0.15, 0.2) is 53.6 Å². The number of benzene rings is 1. The molecule has 0 bridgehead atoms. The highest BCUT2D eigenvalue weighted by molar-refractivity contribution is 5.94. The number of nitrogens with zero attached hydrogens (tertiary/aromatic N) is 1. The molecule has 37 heavy (non-hydrogen) atoms. The van der Waals surface area contributed by atoms with Crippen molar-refractivity contribution < 1.29 is 41.6 Å². The van der Waals surface area contributed by atoms with Crippen LogP contribution in [0.4, 0.5) is 0 Å². The van der Waals surface area contributed by atoms with Gasteiger partial charge in [-0.05, 0) is 31.0 Å². The van der Waals surface area contributed by atoms with Crippen LogP contribution in [0.25, 0.3) is 11.1 Å². The Bertz CT molecular complexity index is 1320. The summed E-state index contributed by atoms with van der Waals surface area (Å²) >= 11 is 0. The Hall–Kier alpha value is -4.25. The maximum Gasteiger partial charge on any atom is 0.348 e. The quantitative estimate of drug-likeness (QED) is 0.258. The van der Waals surface area contributed by atoms with Gasteiger partial charge < -0.3 is 32.9 Å². The summed E-state index contributed by atoms with van der Waals surface area (Å²) in [5.74, 6) is -2.86. The van der Waals surface area contributed by atoms with E-state index in [2.05, 4.69) is 25.6 Å². The first-order valence-electron chi connectivity index (χ1n) is 11.1. The molecule has 1 aromatic carbocycles. The predicted molar refractivity (Wildman–Crippen MR) is 129 cm³/mol. The third-order valence-corrected chi connectivity index (χ3v) is 5.62. The van der Waals surface area contributed by atoms with Crippen LogP contribution in [0, 0.1) is 5.92 Å². The van der Waals surface area contributed by atoms with Gasteiger partial charge in [-0.2, -0.15) is 0 Å². The number of amides is 2. The molecule has 0 spiro atoms. The molecule has 0 aliphatic rings. The van der Waals surface area contributed by atoms with E-state index in [0.717, 1.165) is 22.9 Å². The number of carboxylic acid groups (broad SMARTS) is 1. The smallest absolute Gasteiger partial charge is 0.348 e. The Morgan fingerprint density at radius 2 is 1.76 bits per heavy atom. The van der Waals surface area contributed by atoms with Gasteiger partial charge in [0.15, 0.2) is 5.56 Å². The lowest BCUT2D eigenvalue weighted by molar-refractivity contribution is -0.387. The molecule has 2 amide bonds. The number of carbonyl (C=O) groups excluding carboxylic acids is 2. The van der Waals surface area contributed by atoms with Gasteiger partial charge in [-0.25, -0.2) is 19.7 Å². The molecule has 0 aliphatic heterocycles. The van der Waals surface area contributed by atoms with E-state index < -0.39 is 34.8 Å². The predicted octanol–water partition coefficient (Wildman–Crippen LogP) is -1.62. The Labute approximate surface area is 219 Å². The molecule has 0 radical (unpaired) electrons. The monoisotopic (exact) mass is 529 g/mol. The van der Waals surface area contributed by atoms with Crippen LogP contribution in [-0.2, 0) is 10.3 Å². The van der Waals surface area contributed by atoms with Gasteiger partial charge in [0.25, 0.3) is 5.91 Å². The molecule has 0 fully saturated rings. The van der Waals surface area contributed by atoms with Gasteiger partial charge in [0, 0.05) is 24.4 Å². The highest BCUT2D eigenvalue weighted by Crippen LogP contribution is 2.25. The minimum atomic E-state index is -1.06. The molecule has 3 rings (SSSR count). The van der Waals surface area contributed by atoms with E-state index in [0.29, 0.717) is 5.88 Å². The van der Waals surface area contributed by atoms with E-state index in [9.17, 15) is 19.2 Å². The van der Waals surface area contributed by atoms with Crippen LogP contribution in [0.1, 0.15) is 47.3 Å². The van der Waals surface area contributed by atoms with E-state index >= 15 is 0 Å². The number of rotatable bonds is 9. The summed E-state index contributed by atoms with van der Waals surface area (Å²) in [5.41, 5.74) is 0.871. The lowest BCUT2D eigenvalue weighted by Gasteiger charge is -2.26. The third-order valence-electron chi connectivity index (χ3n) is 5.62. The molecule has 0 saturated heterocycles. The molecule has 0 unspecified atom stereocenters. The number of pyridine rings is 1. The second-order valence-corrected chi connectivity index (χ2v) is 8.73. The fourth-order valence-electron chi connectivity index (χ4n) is 3.31. The number of aromatic amines is 2. The van der Waals surface area contributed by atoms with E-state index in [1.165, 1.54) is 6.92 Å². The zero-order valence-electron chi connectivity index (χ0n) is 20.7. The molecular weight excluding hydrogens is 502 g/mol. The number of nitrogens with one attached hydrogen (secondary N) is 4. The van der Waals surface area contributed by atoms with Crippen molar-refractivity contribution in [3.63, 3.8) is 0 Å². The van der Waals surface area contributed by atoms with Gasteiger partial charge in [0.2, 0.25) is 5.88 Å². The van der Waals surface area contributed by atoms with E-state index in [-0.39, 0.29) is 30.3 Å². The first-order chi connectivity index (χ1) is 17.0. The van der Waals surface area contributed by atoms with Crippen LogP contribution >= 0.6 is 0 Å². The van der Waals surface area contributed by atoms with Gasteiger partial charge in [-0.15, -0.1) is 0 Å². The van der Waals surface area contributed by atoms with Crippen LogP contribution in [-0.4, -0.2) is 46.5 Å². The Morgan fingerprint density at radius 3 is 2.30 bits per heavy atom. The molecule has 1 atom stereocenters. The van der Waals surface area contributed by atoms with Gasteiger partial charge in [0.1, 0.15) is 6.20 Å². The summed E-state index contributed by atoms with van der Waals surface area (Å²) in [6.45, 7) is 4.93. The van der Waals surface area contributed by atoms with Crippen LogP contribution in [0.3, 0.4) is 0 Å². The molecule has 12 heteroatoms. The molecule has 3 aromatic rings. The van der Waals surface area contributed by atoms with Crippen LogP contribution in [0.5, 0.6) is 5.88 Å². The fourth-order valence-corrected chi connectivity index (χ4v) is 3.31. The van der Waals surface area contributed by atoms with E-state index in [1.54, 1.807) is 33.2 Å². The largest absolute Gasteiger partial charge is 1.00 e. The Kier molecular flexibility index (Phi) is 9.50. The average Bonchev–Trinajstić information content (AvgIpc) is 2.86. The summed E-state index contributed by atoms with van der Waals surface area (Å²) in [6, 6.07) is 11.2. The number of ether oxygens (including phenoxy) is 1. The summed E-state index contributed by atoms with van der Waals surface area (Å²) in [6.07, 6.45) is 2.85. The number of H-pyrrole nitrogens is 2.